The van der Waals surface area contributed by atoms with Crippen molar-refractivity contribution >= 4 is 34.7 Å². The highest BCUT2D eigenvalue weighted by Gasteiger charge is 2.47. The summed E-state index contributed by atoms with van der Waals surface area (Å²) in [6, 6.07) is 19.0. The van der Waals surface area contributed by atoms with Crippen molar-refractivity contribution in [1.29, 1.82) is 0 Å². The average Bonchev–Trinajstić information content (AvgIpc) is 3.09. The topological polar surface area (TPSA) is 66.8 Å². The number of aliphatic hydroxyl groups excluding tert-OH is 1. The number of amides is 1. The molecule has 0 saturated carbocycles. The van der Waals surface area contributed by atoms with Gasteiger partial charge in [0.05, 0.1) is 18.2 Å². The van der Waals surface area contributed by atoms with Gasteiger partial charge in [-0.05, 0) is 73.4 Å². The molecule has 2 aliphatic rings. The van der Waals surface area contributed by atoms with E-state index in [-0.39, 0.29) is 11.3 Å². The normalized spacial score (nSPS) is 19.3. The molecule has 0 aromatic heterocycles. The molecule has 0 radical (unpaired) electrons. The fourth-order valence-electron chi connectivity index (χ4n) is 4.52. The number of aryl methyl sites for hydroxylation is 2. The molecule has 6 heteroatoms. The molecule has 5 rings (SSSR count). The van der Waals surface area contributed by atoms with Crippen molar-refractivity contribution in [2.24, 2.45) is 0 Å². The Hall–Kier alpha value is -3.57. The van der Waals surface area contributed by atoms with Crippen LogP contribution in [-0.4, -0.2) is 23.4 Å². The van der Waals surface area contributed by atoms with Crippen LogP contribution < -0.4 is 9.64 Å². The van der Waals surface area contributed by atoms with Gasteiger partial charge in [0, 0.05) is 16.3 Å². The second-order valence-electron chi connectivity index (χ2n) is 8.33. The third-order valence-corrected chi connectivity index (χ3v) is 6.34. The number of ether oxygens (including phenoxy) is 1. The number of carbonyl (C=O) groups excluding carboxylic acids is 2. The third-order valence-electron chi connectivity index (χ3n) is 6.09. The van der Waals surface area contributed by atoms with Crippen molar-refractivity contribution in [2.45, 2.75) is 25.8 Å². The maximum Gasteiger partial charge on any atom is 0.300 e. The Morgan fingerprint density at radius 3 is 2.61 bits per heavy atom. The Morgan fingerprint density at radius 2 is 1.85 bits per heavy atom. The largest absolute Gasteiger partial charge is 0.507 e. The monoisotopic (exact) mass is 459 g/mol. The maximum atomic E-state index is 13.3. The van der Waals surface area contributed by atoms with Gasteiger partial charge in [0.2, 0.25) is 0 Å². The number of benzene rings is 3. The Morgan fingerprint density at radius 1 is 1.06 bits per heavy atom. The molecule has 1 atom stereocenters. The van der Waals surface area contributed by atoms with E-state index in [4.69, 9.17) is 16.3 Å². The first-order valence-electron chi connectivity index (χ1n) is 10.8. The van der Waals surface area contributed by atoms with E-state index in [1.165, 1.54) is 4.90 Å². The number of hydrogen-bond acceptors (Lipinski definition) is 4. The maximum absolute atomic E-state index is 13.3. The number of aliphatic hydroxyl groups is 1. The molecule has 2 heterocycles. The summed E-state index contributed by atoms with van der Waals surface area (Å²) in [5.74, 6) is -0.811. The Balaban J connectivity index is 1.70. The number of nitrogens with zero attached hydrogens (tertiary/aromatic N) is 1. The van der Waals surface area contributed by atoms with Crippen LogP contribution in [0.15, 0.2) is 72.3 Å². The van der Waals surface area contributed by atoms with Crippen molar-refractivity contribution in [2.75, 3.05) is 11.5 Å². The highest BCUT2D eigenvalue weighted by Crippen LogP contribution is 2.43. The van der Waals surface area contributed by atoms with Crippen molar-refractivity contribution < 1.29 is 19.4 Å². The average molecular weight is 460 g/mol. The van der Waals surface area contributed by atoms with Crippen LogP contribution in [0.5, 0.6) is 5.75 Å². The molecular weight excluding hydrogens is 438 g/mol. The highest BCUT2D eigenvalue weighted by molar-refractivity contribution is 6.51. The van der Waals surface area contributed by atoms with E-state index in [0.29, 0.717) is 22.9 Å². The summed E-state index contributed by atoms with van der Waals surface area (Å²) >= 11 is 6.04. The minimum absolute atomic E-state index is 0.0669. The van der Waals surface area contributed by atoms with Gasteiger partial charge in [0.15, 0.2) is 0 Å². The SMILES string of the molecule is Cc1cccc(C2/C(=C(/O)c3ccc4c(c3)CCCO4)C(=O)C(=O)N2c2ccc(Cl)cc2)c1. The van der Waals surface area contributed by atoms with Gasteiger partial charge in [-0.25, -0.2) is 0 Å². The summed E-state index contributed by atoms with van der Waals surface area (Å²) in [7, 11) is 0. The van der Waals surface area contributed by atoms with Gasteiger partial charge in [0.1, 0.15) is 11.5 Å². The summed E-state index contributed by atoms with van der Waals surface area (Å²) < 4.78 is 5.67. The van der Waals surface area contributed by atoms with Crippen LogP contribution in [0.25, 0.3) is 5.76 Å². The lowest BCUT2D eigenvalue weighted by Crippen LogP contribution is -2.29. The molecule has 1 amide bonds. The number of fused-ring (bicyclic) bond motifs is 1. The number of hydrogen-bond donors (Lipinski definition) is 1. The molecule has 5 nitrogen and oxygen atoms in total. The fourth-order valence-corrected chi connectivity index (χ4v) is 4.65. The molecule has 1 unspecified atom stereocenters. The van der Waals surface area contributed by atoms with E-state index in [9.17, 15) is 14.7 Å². The van der Waals surface area contributed by atoms with E-state index in [0.717, 1.165) is 35.3 Å². The number of ketones is 1. The number of halogens is 1. The molecule has 3 aromatic carbocycles. The van der Waals surface area contributed by atoms with Gasteiger partial charge >= 0.3 is 0 Å². The van der Waals surface area contributed by atoms with Crippen LogP contribution in [0, 0.1) is 6.92 Å². The number of Topliss-reactive ketones (excluding diaryl/α,β-unsaturated/α-hetero) is 1. The minimum Gasteiger partial charge on any atom is -0.507 e. The third kappa shape index (κ3) is 3.79. The van der Waals surface area contributed by atoms with Crippen molar-refractivity contribution in [3.8, 4) is 5.75 Å². The lowest BCUT2D eigenvalue weighted by Gasteiger charge is -2.26. The molecule has 1 fully saturated rings. The second-order valence-corrected chi connectivity index (χ2v) is 8.77. The van der Waals surface area contributed by atoms with Crippen molar-refractivity contribution in [3.05, 3.63) is 99.6 Å². The molecule has 1 N–H and O–H groups in total. The Kier molecular flexibility index (Phi) is 5.43. The molecular formula is C27H22ClNO4. The van der Waals surface area contributed by atoms with Crippen molar-refractivity contribution in [1.82, 2.24) is 0 Å². The second kappa shape index (κ2) is 8.41. The molecule has 2 aliphatic heterocycles. The van der Waals surface area contributed by atoms with E-state index in [1.807, 2.05) is 37.3 Å². The van der Waals surface area contributed by atoms with Crippen molar-refractivity contribution in [3.63, 3.8) is 0 Å². The van der Waals surface area contributed by atoms with Gasteiger partial charge in [-0.1, -0.05) is 41.4 Å². The molecule has 1 saturated heterocycles. The Bertz CT molecular complexity index is 1300. The van der Waals surface area contributed by atoms with Gasteiger partial charge in [0.25, 0.3) is 11.7 Å². The van der Waals surface area contributed by atoms with Crippen LogP contribution in [0.2, 0.25) is 5.02 Å². The zero-order chi connectivity index (χ0) is 23.1. The zero-order valence-corrected chi connectivity index (χ0v) is 18.8. The smallest absolute Gasteiger partial charge is 0.300 e. The molecule has 0 bridgehead atoms. The highest BCUT2D eigenvalue weighted by atomic mass is 35.5. The molecule has 0 aliphatic carbocycles. The number of carbonyl (C=O) groups is 2. The first-order chi connectivity index (χ1) is 15.9. The summed E-state index contributed by atoms with van der Waals surface area (Å²) in [5, 5.41) is 11.9. The molecule has 33 heavy (non-hydrogen) atoms. The van der Waals surface area contributed by atoms with Crippen LogP contribution in [0.1, 0.15) is 34.7 Å². The zero-order valence-electron chi connectivity index (χ0n) is 18.0. The van der Waals surface area contributed by atoms with E-state index >= 15 is 0 Å². The lowest BCUT2D eigenvalue weighted by atomic mass is 9.93. The number of anilines is 1. The standard InChI is InChI=1S/C27H22ClNO4/c1-16-4-2-5-18(14-16)24-23(25(30)19-7-12-22-17(15-19)6-3-13-33-22)26(31)27(32)29(24)21-10-8-20(28)9-11-21/h2,4-5,7-12,14-15,24,30H,3,6,13H2,1H3/b25-23-. The van der Waals surface area contributed by atoms with E-state index in [1.54, 1.807) is 36.4 Å². The molecule has 166 valence electrons. The predicted octanol–water partition coefficient (Wildman–Crippen LogP) is 5.60. The van der Waals surface area contributed by atoms with Crippen LogP contribution in [0.3, 0.4) is 0 Å². The predicted molar refractivity (Wildman–Crippen MR) is 128 cm³/mol. The summed E-state index contributed by atoms with van der Waals surface area (Å²) in [5.41, 5.74) is 3.80. The number of rotatable bonds is 3. The van der Waals surface area contributed by atoms with Gasteiger partial charge in [-0.3, -0.25) is 14.5 Å². The van der Waals surface area contributed by atoms with Crippen LogP contribution in [0.4, 0.5) is 5.69 Å². The Labute approximate surface area is 196 Å². The summed E-state index contributed by atoms with van der Waals surface area (Å²) in [6.45, 7) is 2.61. The van der Waals surface area contributed by atoms with Gasteiger partial charge < -0.3 is 9.84 Å². The molecule has 0 spiro atoms. The van der Waals surface area contributed by atoms with E-state index < -0.39 is 17.7 Å². The quantitative estimate of drug-likeness (QED) is 0.314. The fraction of sp³-hybridized carbons (Fsp3) is 0.185. The molecule has 3 aromatic rings. The first-order valence-corrected chi connectivity index (χ1v) is 11.2. The van der Waals surface area contributed by atoms with Gasteiger partial charge in [-0.15, -0.1) is 0 Å². The van der Waals surface area contributed by atoms with E-state index in [2.05, 4.69) is 0 Å². The van der Waals surface area contributed by atoms with Crippen LogP contribution >= 0.6 is 11.6 Å². The van der Waals surface area contributed by atoms with Crippen LogP contribution in [-0.2, 0) is 16.0 Å². The summed E-state index contributed by atoms with van der Waals surface area (Å²) in [4.78, 5) is 27.9. The summed E-state index contributed by atoms with van der Waals surface area (Å²) in [6.07, 6.45) is 1.72. The lowest BCUT2D eigenvalue weighted by molar-refractivity contribution is -0.132. The van der Waals surface area contributed by atoms with Gasteiger partial charge in [-0.2, -0.15) is 0 Å². The first kappa shape index (κ1) is 21.3. The minimum atomic E-state index is -0.765.